The summed E-state index contributed by atoms with van der Waals surface area (Å²) in [6, 6.07) is 13.5. The van der Waals surface area contributed by atoms with E-state index in [1.54, 1.807) is 13.3 Å². The van der Waals surface area contributed by atoms with Gasteiger partial charge in [-0.05, 0) is 30.3 Å². The number of H-pyrrole nitrogens is 1. The topological polar surface area (TPSA) is 66.6 Å². The number of nitrogens with one attached hydrogen (secondary N) is 2. The molecule has 0 atom stereocenters. The first kappa shape index (κ1) is 16.5. The number of morpholine rings is 1. The highest BCUT2D eigenvalue weighted by atomic mass is 16.5. The molecule has 1 aliphatic heterocycles. The molecule has 2 aromatic carbocycles. The Morgan fingerprint density at radius 1 is 1.19 bits per heavy atom. The second-order valence-electron chi connectivity index (χ2n) is 6.18. The lowest BCUT2D eigenvalue weighted by molar-refractivity contribution is 0.102. The number of aromatic nitrogens is 1. The van der Waals surface area contributed by atoms with Crippen molar-refractivity contribution in [1.82, 2.24) is 4.98 Å². The van der Waals surface area contributed by atoms with Gasteiger partial charge in [0.15, 0.2) is 0 Å². The first-order chi connectivity index (χ1) is 12.8. The average Bonchev–Trinajstić information content (AvgIpc) is 3.12. The predicted octanol–water partition coefficient (Wildman–Crippen LogP) is 3.27. The number of amides is 1. The van der Waals surface area contributed by atoms with Gasteiger partial charge in [-0.1, -0.05) is 12.1 Å². The lowest BCUT2D eigenvalue weighted by Gasteiger charge is -2.30. The van der Waals surface area contributed by atoms with Crippen molar-refractivity contribution in [2.45, 2.75) is 0 Å². The molecule has 0 unspecified atom stereocenters. The van der Waals surface area contributed by atoms with Gasteiger partial charge >= 0.3 is 0 Å². The number of carbonyl (C=O) groups excluding carboxylic acids is 1. The van der Waals surface area contributed by atoms with Gasteiger partial charge in [-0.25, -0.2) is 0 Å². The zero-order valence-corrected chi connectivity index (χ0v) is 14.6. The Morgan fingerprint density at radius 2 is 2.00 bits per heavy atom. The van der Waals surface area contributed by atoms with Crippen molar-refractivity contribution in [2.75, 3.05) is 43.6 Å². The van der Waals surface area contributed by atoms with E-state index in [0.29, 0.717) is 18.8 Å². The number of fused-ring (bicyclic) bond motifs is 1. The molecular weight excluding hydrogens is 330 g/mol. The maximum atomic E-state index is 12.9. The van der Waals surface area contributed by atoms with Gasteiger partial charge in [0, 0.05) is 30.2 Å². The summed E-state index contributed by atoms with van der Waals surface area (Å²) in [7, 11) is 1.62. The molecule has 1 fully saturated rings. The summed E-state index contributed by atoms with van der Waals surface area (Å²) in [5, 5.41) is 3.90. The van der Waals surface area contributed by atoms with Gasteiger partial charge in [-0.2, -0.15) is 0 Å². The lowest BCUT2D eigenvalue weighted by atomic mass is 10.1. The monoisotopic (exact) mass is 351 g/mol. The Morgan fingerprint density at radius 3 is 2.81 bits per heavy atom. The van der Waals surface area contributed by atoms with Gasteiger partial charge in [0.25, 0.3) is 5.91 Å². The van der Waals surface area contributed by atoms with Crippen LogP contribution in [0.15, 0.2) is 48.7 Å². The summed E-state index contributed by atoms with van der Waals surface area (Å²) >= 11 is 0. The number of hydrogen-bond acceptors (Lipinski definition) is 4. The molecule has 0 aliphatic carbocycles. The molecule has 26 heavy (non-hydrogen) atoms. The molecule has 3 aromatic rings. The zero-order valence-electron chi connectivity index (χ0n) is 14.6. The summed E-state index contributed by atoms with van der Waals surface area (Å²) in [6.45, 7) is 3.03. The minimum Gasteiger partial charge on any atom is -0.497 e. The van der Waals surface area contributed by atoms with E-state index in [0.717, 1.165) is 41.1 Å². The molecule has 1 amide bonds. The molecule has 2 N–H and O–H groups in total. The van der Waals surface area contributed by atoms with Crippen molar-refractivity contribution in [3.63, 3.8) is 0 Å². The summed E-state index contributed by atoms with van der Waals surface area (Å²) < 4.78 is 10.7. The van der Waals surface area contributed by atoms with Crippen molar-refractivity contribution in [2.24, 2.45) is 0 Å². The minimum absolute atomic E-state index is 0.148. The first-order valence-electron chi connectivity index (χ1n) is 8.64. The third-order valence-corrected chi connectivity index (χ3v) is 4.64. The number of ether oxygens (including phenoxy) is 2. The van der Waals surface area contributed by atoms with Crippen LogP contribution in [-0.2, 0) is 4.74 Å². The van der Waals surface area contributed by atoms with E-state index in [2.05, 4.69) is 15.2 Å². The molecule has 0 saturated carbocycles. The Balaban J connectivity index is 1.63. The highest BCUT2D eigenvalue weighted by molar-refractivity contribution is 6.13. The van der Waals surface area contributed by atoms with Crippen molar-refractivity contribution in [3.05, 3.63) is 54.2 Å². The van der Waals surface area contributed by atoms with Gasteiger partial charge in [-0.15, -0.1) is 0 Å². The lowest BCUT2D eigenvalue weighted by Crippen LogP contribution is -2.36. The van der Waals surface area contributed by atoms with Crippen LogP contribution in [0.5, 0.6) is 5.75 Å². The van der Waals surface area contributed by atoms with Crippen molar-refractivity contribution in [1.29, 1.82) is 0 Å². The normalized spacial score (nSPS) is 14.4. The highest BCUT2D eigenvalue weighted by Gasteiger charge is 2.18. The standard InChI is InChI=1S/C20H21N3O3/c1-25-14-6-7-17-15(12-14)16(13-21-17)20(24)22-18-4-2-3-5-19(18)23-8-10-26-11-9-23/h2-7,12-13,21H,8-11H2,1H3,(H,22,24). The maximum Gasteiger partial charge on any atom is 0.257 e. The fraction of sp³-hybridized carbons (Fsp3) is 0.250. The van der Waals surface area contributed by atoms with Crippen LogP contribution in [0, 0.1) is 0 Å². The fourth-order valence-corrected chi connectivity index (χ4v) is 3.26. The quantitative estimate of drug-likeness (QED) is 0.757. The molecule has 6 nitrogen and oxygen atoms in total. The number of nitrogens with zero attached hydrogens (tertiary/aromatic N) is 1. The van der Waals surface area contributed by atoms with Crippen LogP contribution >= 0.6 is 0 Å². The van der Waals surface area contributed by atoms with Crippen molar-refractivity contribution < 1.29 is 14.3 Å². The van der Waals surface area contributed by atoms with E-state index in [9.17, 15) is 4.79 Å². The van der Waals surface area contributed by atoms with E-state index in [4.69, 9.17) is 9.47 Å². The summed E-state index contributed by atoms with van der Waals surface area (Å²) in [5.74, 6) is 0.574. The Kier molecular flexibility index (Phi) is 4.50. The van der Waals surface area contributed by atoms with Crippen LogP contribution in [0.25, 0.3) is 10.9 Å². The molecule has 4 rings (SSSR count). The number of aromatic amines is 1. The molecule has 134 valence electrons. The summed E-state index contributed by atoms with van der Waals surface area (Å²) in [5.41, 5.74) is 3.31. The third kappa shape index (κ3) is 3.11. The fourth-order valence-electron chi connectivity index (χ4n) is 3.26. The largest absolute Gasteiger partial charge is 0.497 e. The van der Waals surface area contributed by atoms with Gasteiger partial charge in [0.1, 0.15) is 5.75 Å². The average molecular weight is 351 g/mol. The Bertz CT molecular complexity index is 929. The Hall–Kier alpha value is -2.99. The van der Waals surface area contributed by atoms with E-state index in [1.165, 1.54) is 0 Å². The number of benzene rings is 2. The number of hydrogen-bond donors (Lipinski definition) is 2. The number of methoxy groups -OCH3 is 1. The molecule has 2 heterocycles. The van der Waals surface area contributed by atoms with Crippen LogP contribution in [0.3, 0.4) is 0 Å². The molecule has 1 aliphatic rings. The van der Waals surface area contributed by atoms with E-state index >= 15 is 0 Å². The molecule has 6 heteroatoms. The summed E-state index contributed by atoms with van der Waals surface area (Å²) in [4.78, 5) is 18.3. The van der Waals surface area contributed by atoms with Crippen LogP contribution < -0.4 is 15.0 Å². The Labute approximate surface area is 151 Å². The van der Waals surface area contributed by atoms with E-state index in [1.807, 2.05) is 42.5 Å². The molecular formula is C20H21N3O3. The maximum absolute atomic E-state index is 12.9. The second-order valence-corrected chi connectivity index (χ2v) is 6.18. The van der Waals surface area contributed by atoms with Gasteiger partial charge in [0.05, 0.1) is 37.3 Å². The predicted molar refractivity (Wildman–Crippen MR) is 102 cm³/mol. The second kappa shape index (κ2) is 7.09. The van der Waals surface area contributed by atoms with Crippen molar-refractivity contribution >= 4 is 28.2 Å². The van der Waals surface area contributed by atoms with Crippen LogP contribution in [0.4, 0.5) is 11.4 Å². The molecule has 1 aromatic heterocycles. The SMILES string of the molecule is COc1ccc2[nH]cc(C(=O)Nc3ccccc3N3CCOCC3)c2c1. The number of rotatable bonds is 4. The van der Waals surface area contributed by atoms with Crippen LogP contribution in [0.2, 0.25) is 0 Å². The highest BCUT2D eigenvalue weighted by Crippen LogP contribution is 2.28. The van der Waals surface area contributed by atoms with Crippen LogP contribution in [0.1, 0.15) is 10.4 Å². The number of anilines is 2. The molecule has 0 bridgehead atoms. The molecule has 0 spiro atoms. The first-order valence-corrected chi connectivity index (χ1v) is 8.64. The number of para-hydroxylation sites is 2. The smallest absolute Gasteiger partial charge is 0.257 e. The summed E-state index contributed by atoms with van der Waals surface area (Å²) in [6.07, 6.45) is 1.73. The van der Waals surface area contributed by atoms with Crippen LogP contribution in [-0.4, -0.2) is 44.3 Å². The van der Waals surface area contributed by atoms with Gasteiger partial charge in [0.2, 0.25) is 0 Å². The van der Waals surface area contributed by atoms with E-state index < -0.39 is 0 Å². The van der Waals surface area contributed by atoms with Crippen molar-refractivity contribution in [3.8, 4) is 5.75 Å². The zero-order chi connectivity index (χ0) is 17.9. The molecule has 1 saturated heterocycles. The number of carbonyl (C=O) groups is 1. The third-order valence-electron chi connectivity index (χ3n) is 4.64. The van der Waals surface area contributed by atoms with Gasteiger partial charge in [-0.3, -0.25) is 4.79 Å². The van der Waals surface area contributed by atoms with Gasteiger partial charge < -0.3 is 24.7 Å². The van der Waals surface area contributed by atoms with E-state index in [-0.39, 0.29) is 5.91 Å². The molecule has 0 radical (unpaired) electrons. The minimum atomic E-state index is -0.148.